The zero-order chi connectivity index (χ0) is 14.6. The van der Waals surface area contributed by atoms with Gasteiger partial charge in [-0.25, -0.2) is 0 Å². The molecule has 0 aliphatic rings. The van der Waals surface area contributed by atoms with Gasteiger partial charge in [0.1, 0.15) is 12.3 Å². The van der Waals surface area contributed by atoms with E-state index in [9.17, 15) is 14.7 Å². The molecule has 0 aliphatic heterocycles. The number of para-hydroxylation sites is 1. The number of nitrogens with zero attached hydrogens (tertiary/aromatic N) is 1. The maximum absolute atomic E-state index is 12.4. The van der Waals surface area contributed by atoms with Gasteiger partial charge in [-0.1, -0.05) is 19.1 Å². The number of aryl methyl sites for hydroxylation is 1. The minimum absolute atomic E-state index is 0.0915. The van der Waals surface area contributed by atoms with E-state index in [1.165, 1.54) is 11.0 Å². The summed E-state index contributed by atoms with van der Waals surface area (Å²) in [4.78, 5) is 24.5. The first-order valence-corrected chi connectivity index (χ1v) is 6.19. The molecule has 1 unspecified atom stereocenters. The Kier molecular flexibility index (Phi) is 4.92. The molecule has 1 rings (SSSR count). The number of aromatic hydroxyl groups is 1. The fourth-order valence-electron chi connectivity index (χ4n) is 1.78. The fraction of sp³-hybridized carbons (Fsp3) is 0.429. The van der Waals surface area contributed by atoms with Crippen LogP contribution in [0.1, 0.15) is 36.2 Å². The molecular formula is C14H19NO4. The second-order valence-electron chi connectivity index (χ2n) is 4.56. The van der Waals surface area contributed by atoms with Gasteiger partial charge in [0.15, 0.2) is 0 Å². The predicted molar refractivity (Wildman–Crippen MR) is 71.3 cm³/mol. The standard InChI is InChI=1S/C14H19NO4/c1-4-10(3)15(8-12(16)17)14(19)11-7-5-6-9(2)13(11)18/h5-7,10,18H,4,8H2,1-3H3,(H,16,17). The van der Waals surface area contributed by atoms with Gasteiger partial charge in [-0.05, 0) is 31.9 Å². The van der Waals surface area contributed by atoms with Crippen molar-refractivity contribution >= 4 is 11.9 Å². The van der Waals surface area contributed by atoms with E-state index in [2.05, 4.69) is 0 Å². The number of phenols is 1. The zero-order valence-corrected chi connectivity index (χ0v) is 11.4. The molecule has 5 heteroatoms. The Hall–Kier alpha value is -2.04. The first-order valence-electron chi connectivity index (χ1n) is 6.19. The normalized spacial score (nSPS) is 11.9. The van der Waals surface area contributed by atoms with Crippen molar-refractivity contribution in [2.75, 3.05) is 6.54 Å². The Morgan fingerprint density at radius 1 is 1.37 bits per heavy atom. The Morgan fingerprint density at radius 3 is 2.53 bits per heavy atom. The monoisotopic (exact) mass is 265 g/mol. The Bertz CT molecular complexity index is 484. The molecule has 0 spiro atoms. The zero-order valence-electron chi connectivity index (χ0n) is 11.4. The van der Waals surface area contributed by atoms with Gasteiger partial charge in [-0.2, -0.15) is 0 Å². The first kappa shape index (κ1) is 15.0. The maximum Gasteiger partial charge on any atom is 0.323 e. The molecule has 0 saturated carbocycles. The molecular weight excluding hydrogens is 246 g/mol. The Labute approximate surface area is 112 Å². The smallest absolute Gasteiger partial charge is 0.323 e. The van der Waals surface area contributed by atoms with Crippen LogP contribution in [0.3, 0.4) is 0 Å². The lowest BCUT2D eigenvalue weighted by Crippen LogP contribution is -2.41. The lowest BCUT2D eigenvalue weighted by Gasteiger charge is -2.27. The summed E-state index contributed by atoms with van der Waals surface area (Å²) in [7, 11) is 0. The largest absolute Gasteiger partial charge is 0.507 e. The van der Waals surface area contributed by atoms with E-state index < -0.39 is 11.9 Å². The summed E-state index contributed by atoms with van der Waals surface area (Å²) in [5, 5.41) is 18.8. The number of carbonyl (C=O) groups is 2. The number of carbonyl (C=O) groups excluding carboxylic acids is 1. The average molecular weight is 265 g/mol. The summed E-state index contributed by atoms with van der Waals surface area (Å²) in [5.74, 6) is -1.62. The number of rotatable bonds is 5. The molecule has 1 aromatic carbocycles. The topological polar surface area (TPSA) is 77.8 Å². The van der Waals surface area contributed by atoms with Crippen molar-refractivity contribution < 1.29 is 19.8 Å². The molecule has 1 atom stereocenters. The molecule has 19 heavy (non-hydrogen) atoms. The third kappa shape index (κ3) is 3.47. The molecule has 104 valence electrons. The van der Waals surface area contributed by atoms with Crippen molar-refractivity contribution in [2.24, 2.45) is 0 Å². The summed E-state index contributed by atoms with van der Waals surface area (Å²) in [6.07, 6.45) is 0.644. The van der Waals surface area contributed by atoms with Crippen molar-refractivity contribution in [1.29, 1.82) is 0 Å². The summed E-state index contributed by atoms with van der Waals surface area (Å²) in [6, 6.07) is 4.65. The Morgan fingerprint density at radius 2 is 2.00 bits per heavy atom. The van der Waals surface area contributed by atoms with E-state index in [1.807, 2.05) is 6.92 Å². The first-order chi connectivity index (χ1) is 8.88. The minimum atomic E-state index is -1.07. The third-order valence-corrected chi connectivity index (χ3v) is 3.16. The molecule has 0 radical (unpaired) electrons. The van der Waals surface area contributed by atoms with Crippen molar-refractivity contribution in [1.82, 2.24) is 4.90 Å². The SMILES string of the molecule is CCC(C)N(CC(=O)O)C(=O)c1cccc(C)c1O. The molecule has 1 aromatic rings. The predicted octanol–water partition coefficient (Wildman–Crippen LogP) is 2.03. The molecule has 0 bridgehead atoms. The number of benzene rings is 1. The van der Waals surface area contributed by atoms with Crippen LogP contribution < -0.4 is 0 Å². The van der Waals surface area contributed by atoms with E-state index >= 15 is 0 Å². The maximum atomic E-state index is 12.4. The number of aliphatic carboxylic acids is 1. The lowest BCUT2D eigenvalue weighted by atomic mass is 10.1. The Balaban J connectivity index is 3.11. The van der Waals surface area contributed by atoms with E-state index in [0.29, 0.717) is 12.0 Å². The van der Waals surface area contributed by atoms with Crippen molar-refractivity contribution in [3.8, 4) is 5.75 Å². The summed E-state index contributed by atoms with van der Waals surface area (Å²) < 4.78 is 0. The minimum Gasteiger partial charge on any atom is -0.507 e. The van der Waals surface area contributed by atoms with Crippen LogP contribution in [-0.4, -0.2) is 39.6 Å². The van der Waals surface area contributed by atoms with Gasteiger partial charge in [-0.3, -0.25) is 9.59 Å². The van der Waals surface area contributed by atoms with Crippen LogP contribution in [0.2, 0.25) is 0 Å². The summed E-state index contributed by atoms with van der Waals surface area (Å²) in [5.41, 5.74) is 0.729. The molecule has 5 nitrogen and oxygen atoms in total. The van der Waals surface area contributed by atoms with Crippen LogP contribution in [0.15, 0.2) is 18.2 Å². The van der Waals surface area contributed by atoms with E-state index in [0.717, 1.165) is 0 Å². The molecule has 0 fully saturated rings. The van der Waals surface area contributed by atoms with Crippen LogP contribution >= 0.6 is 0 Å². The average Bonchev–Trinajstić information content (AvgIpc) is 2.37. The highest BCUT2D eigenvalue weighted by Gasteiger charge is 2.25. The van der Waals surface area contributed by atoms with Crippen LogP contribution in [0.4, 0.5) is 0 Å². The van der Waals surface area contributed by atoms with Crippen LogP contribution in [0, 0.1) is 6.92 Å². The van der Waals surface area contributed by atoms with E-state index in [1.54, 1.807) is 26.0 Å². The molecule has 0 aliphatic carbocycles. The van der Waals surface area contributed by atoms with Crippen molar-refractivity contribution in [3.63, 3.8) is 0 Å². The molecule has 1 amide bonds. The molecule has 0 heterocycles. The number of amides is 1. The number of hydrogen-bond donors (Lipinski definition) is 2. The van der Waals surface area contributed by atoms with E-state index in [4.69, 9.17) is 5.11 Å². The highest BCUT2D eigenvalue weighted by atomic mass is 16.4. The summed E-state index contributed by atoms with van der Waals surface area (Å²) in [6.45, 7) is 4.98. The van der Waals surface area contributed by atoms with Gasteiger partial charge in [0, 0.05) is 6.04 Å². The fourth-order valence-corrected chi connectivity index (χ4v) is 1.78. The van der Waals surface area contributed by atoms with Gasteiger partial charge in [0.05, 0.1) is 5.56 Å². The summed E-state index contributed by atoms with van der Waals surface area (Å²) >= 11 is 0. The lowest BCUT2D eigenvalue weighted by molar-refractivity contribution is -0.138. The van der Waals surface area contributed by atoms with Gasteiger partial charge in [0.25, 0.3) is 5.91 Å². The quantitative estimate of drug-likeness (QED) is 0.853. The number of phenolic OH excluding ortho intramolecular Hbond substituents is 1. The second kappa shape index (κ2) is 6.22. The van der Waals surface area contributed by atoms with Crippen LogP contribution in [-0.2, 0) is 4.79 Å². The highest BCUT2D eigenvalue weighted by Crippen LogP contribution is 2.23. The molecule has 2 N–H and O–H groups in total. The number of carboxylic acids is 1. The highest BCUT2D eigenvalue weighted by molar-refractivity contribution is 5.98. The molecule has 0 saturated heterocycles. The van der Waals surface area contributed by atoms with E-state index in [-0.39, 0.29) is 23.9 Å². The number of hydrogen-bond acceptors (Lipinski definition) is 3. The van der Waals surface area contributed by atoms with Gasteiger partial charge in [-0.15, -0.1) is 0 Å². The van der Waals surface area contributed by atoms with Gasteiger partial charge >= 0.3 is 5.97 Å². The van der Waals surface area contributed by atoms with Crippen LogP contribution in [0.25, 0.3) is 0 Å². The van der Waals surface area contributed by atoms with Crippen molar-refractivity contribution in [3.05, 3.63) is 29.3 Å². The van der Waals surface area contributed by atoms with Gasteiger partial charge in [0.2, 0.25) is 0 Å². The second-order valence-corrected chi connectivity index (χ2v) is 4.56. The third-order valence-electron chi connectivity index (χ3n) is 3.16. The molecule has 0 aromatic heterocycles. The van der Waals surface area contributed by atoms with Crippen LogP contribution in [0.5, 0.6) is 5.75 Å². The number of carboxylic acid groups (broad SMARTS) is 1. The van der Waals surface area contributed by atoms with Crippen molar-refractivity contribution in [2.45, 2.75) is 33.2 Å². The van der Waals surface area contributed by atoms with Gasteiger partial charge < -0.3 is 15.1 Å².